The van der Waals surface area contributed by atoms with E-state index < -0.39 is 11.8 Å². The quantitative estimate of drug-likeness (QED) is 0.339. The molecule has 3 rings (SSSR count). The molecule has 0 unspecified atom stereocenters. The molecule has 2 aromatic carbocycles. The summed E-state index contributed by atoms with van der Waals surface area (Å²) in [7, 11) is 1.56. The predicted octanol–water partition coefficient (Wildman–Crippen LogP) is 4.02. The van der Waals surface area contributed by atoms with Gasteiger partial charge in [0.2, 0.25) is 0 Å². The molecule has 0 saturated carbocycles. The Morgan fingerprint density at radius 3 is 2.48 bits per heavy atom. The number of hydrazine groups is 1. The maximum atomic E-state index is 12.7. The smallest absolute Gasteiger partial charge is 0.282 e. The van der Waals surface area contributed by atoms with Gasteiger partial charge in [-0.3, -0.25) is 15.0 Å². The molecule has 1 aliphatic heterocycles. The first-order valence-corrected chi connectivity index (χ1v) is 9.60. The minimum absolute atomic E-state index is 0.0473. The summed E-state index contributed by atoms with van der Waals surface area (Å²) in [6, 6.07) is 10.5. The Balaban J connectivity index is 2.01. The number of anilines is 1. The van der Waals surface area contributed by atoms with Gasteiger partial charge in [0, 0.05) is 14.2 Å². The van der Waals surface area contributed by atoms with Crippen LogP contribution < -0.4 is 15.2 Å². The summed E-state index contributed by atoms with van der Waals surface area (Å²) in [5.41, 5.74) is 3.83. The number of hydrogen-bond acceptors (Lipinski definition) is 3. The molecule has 2 amide bonds. The zero-order chi connectivity index (χ0) is 18.1. The van der Waals surface area contributed by atoms with Crippen molar-refractivity contribution in [2.45, 2.75) is 0 Å². The minimum Gasteiger partial charge on any atom is -0.495 e. The highest BCUT2D eigenvalue weighted by Gasteiger charge is 2.34. The van der Waals surface area contributed by atoms with Crippen molar-refractivity contribution in [1.29, 1.82) is 0 Å². The summed E-state index contributed by atoms with van der Waals surface area (Å²) in [6.45, 7) is 0. The Morgan fingerprint density at radius 2 is 1.84 bits per heavy atom. The van der Waals surface area contributed by atoms with E-state index in [0.29, 0.717) is 22.0 Å². The van der Waals surface area contributed by atoms with Gasteiger partial charge in [0.05, 0.1) is 16.4 Å². The standard InChI is InChI=1S/C17H11ClI2N2O3/c1-25-15-9(6-11(19)8-14(15)20)7-13-16(23)21-22(17(13)24)12-4-2-10(18)3-5-12/h2-8H,1H3,(H,21,23)/b13-7+. The van der Waals surface area contributed by atoms with Crippen molar-refractivity contribution in [3.63, 3.8) is 0 Å². The average molecular weight is 581 g/mol. The maximum Gasteiger partial charge on any atom is 0.282 e. The number of nitrogens with zero attached hydrogens (tertiary/aromatic N) is 1. The van der Waals surface area contributed by atoms with Crippen LogP contribution in [0.15, 0.2) is 42.0 Å². The number of nitrogens with one attached hydrogen (secondary N) is 1. The van der Waals surface area contributed by atoms with E-state index in [9.17, 15) is 9.59 Å². The van der Waals surface area contributed by atoms with Gasteiger partial charge in [0.1, 0.15) is 11.3 Å². The van der Waals surface area contributed by atoms with Crippen molar-refractivity contribution in [3.8, 4) is 5.75 Å². The summed E-state index contributed by atoms with van der Waals surface area (Å²) in [5, 5.41) is 1.76. The minimum atomic E-state index is -0.462. The number of benzene rings is 2. The molecule has 1 heterocycles. The Morgan fingerprint density at radius 1 is 1.16 bits per heavy atom. The van der Waals surface area contributed by atoms with Crippen LogP contribution in [0.3, 0.4) is 0 Å². The topological polar surface area (TPSA) is 58.6 Å². The molecule has 0 spiro atoms. The highest BCUT2D eigenvalue weighted by Crippen LogP contribution is 2.31. The van der Waals surface area contributed by atoms with Gasteiger partial charge in [0.25, 0.3) is 11.8 Å². The molecule has 0 bridgehead atoms. The lowest BCUT2D eigenvalue weighted by molar-refractivity contribution is -0.117. The van der Waals surface area contributed by atoms with Crippen molar-refractivity contribution < 1.29 is 14.3 Å². The van der Waals surface area contributed by atoms with Gasteiger partial charge in [-0.2, -0.15) is 0 Å². The molecular weight excluding hydrogens is 569 g/mol. The number of hydrogen-bond donors (Lipinski definition) is 1. The third kappa shape index (κ3) is 3.77. The summed E-state index contributed by atoms with van der Waals surface area (Å²) in [5.74, 6) is -0.266. The van der Waals surface area contributed by atoms with E-state index >= 15 is 0 Å². The second kappa shape index (κ2) is 7.50. The first-order chi connectivity index (χ1) is 11.9. The van der Waals surface area contributed by atoms with E-state index in [1.54, 1.807) is 37.5 Å². The first-order valence-electron chi connectivity index (χ1n) is 7.06. The molecule has 1 saturated heterocycles. The number of methoxy groups -OCH3 is 1. The lowest BCUT2D eigenvalue weighted by Crippen LogP contribution is -2.35. The van der Waals surface area contributed by atoms with Crippen LogP contribution in [0.1, 0.15) is 5.56 Å². The van der Waals surface area contributed by atoms with Crippen molar-refractivity contribution in [1.82, 2.24) is 5.43 Å². The van der Waals surface area contributed by atoms with Crippen LogP contribution in [0.25, 0.3) is 6.08 Å². The molecule has 0 aromatic heterocycles. The van der Waals surface area contributed by atoms with E-state index in [-0.39, 0.29) is 5.57 Å². The molecule has 0 aliphatic carbocycles. The second-order valence-electron chi connectivity index (χ2n) is 5.13. The SMILES string of the molecule is COc1c(I)cc(I)cc1/C=C1\C(=O)NN(c2ccc(Cl)cc2)C1=O. The Bertz CT molecular complexity index is 898. The van der Waals surface area contributed by atoms with Crippen molar-refractivity contribution in [2.24, 2.45) is 0 Å². The van der Waals surface area contributed by atoms with Crippen molar-refractivity contribution >= 4 is 80.4 Å². The molecule has 0 radical (unpaired) electrons. The normalized spacial score (nSPS) is 15.7. The highest BCUT2D eigenvalue weighted by molar-refractivity contribution is 14.1. The molecule has 8 heteroatoms. The van der Waals surface area contributed by atoms with Gasteiger partial charge in [-0.1, -0.05) is 11.6 Å². The van der Waals surface area contributed by atoms with E-state index in [1.807, 2.05) is 12.1 Å². The van der Waals surface area contributed by atoms with Crippen LogP contribution in [-0.4, -0.2) is 18.9 Å². The van der Waals surface area contributed by atoms with Crippen LogP contribution >= 0.6 is 56.8 Å². The van der Waals surface area contributed by atoms with E-state index in [2.05, 4.69) is 50.6 Å². The molecule has 0 atom stereocenters. The van der Waals surface area contributed by atoms with E-state index in [0.717, 1.165) is 7.14 Å². The number of carbonyl (C=O) groups excluding carboxylic acids is 2. The monoisotopic (exact) mass is 580 g/mol. The molecule has 128 valence electrons. The fourth-order valence-corrected chi connectivity index (χ4v) is 4.62. The average Bonchev–Trinajstić information content (AvgIpc) is 2.83. The van der Waals surface area contributed by atoms with Gasteiger partial charge < -0.3 is 4.74 Å². The third-order valence-corrected chi connectivity index (χ3v) is 5.19. The zero-order valence-corrected chi connectivity index (χ0v) is 17.9. The number of ether oxygens (including phenoxy) is 1. The molecular formula is C17H11ClI2N2O3. The van der Waals surface area contributed by atoms with E-state index in [1.165, 1.54) is 5.01 Å². The molecule has 5 nitrogen and oxygen atoms in total. The highest BCUT2D eigenvalue weighted by atomic mass is 127. The summed E-state index contributed by atoms with van der Waals surface area (Å²) >= 11 is 10.2. The molecule has 2 aromatic rings. The summed E-state index contributed by atoms with van der Waals surface area (Å²) in [4.78, 5) is 25.0. The van der Waals surface area contributed by atoms with Crippen molar-refractivity contribution in [3.05, 3.63) is 59.7 Å². The lowest BCUT2D eigenvalue weighted by atomic mass is 10.1. The lowest BCUT2D eigenvalue weighted by Gasteiger charge is -2.14. The molecule has 1 fully saturated rings. The van der Waals surface area contributed by atoms with Crippen LogP contribution in [0, 0.1) is 7.14 Å². The maximum absolute atomic E-state index is 12.7. The first kappa shape index (κ1) is 18.5. The Labute approximate surface area is 176 Å². The third-order valence-electron chi connectivity index (χ3n) is 3.52. The number of rotatable bonds is 3. The van der Waals surface area contributed by atoms with Gasteiger partial charge in [-0.25, -0.2) is 5.01 Å². The van der Waals surface area contributed by atoms with Gasteiger partial charge in [-0.15, -0.1) is 0 Å². The van der Waals surface area contributed by atoms with Gasteiger partial charge in [0.15, 0.2) is 0 Å². The van der Waals surface area contributed by atoms with Crippen LogP contribution in [0.2, 0.25) is 5.02 Å². The molecule has 25 heavy (non-hydrogen) atoms. The van der Waals surface area contributed by atoms with Crippen LogP contribution in [-0.2, 0) is 9.59 Å². The predicted molar refractivity (Wildman–Crippen MR) is 113 cm³/mol. The van der Waals surface area contributed by atoms with Crippen LogP contribution in [0.4, 0.5) is 5.69 Å². The molecule has 1 N–H and O–H groups in total. The zero-order valence-electron chi connectivity index (χ0n) is 12.8. The van der Waals surface area contributed by atoms with Gasteiger partial charge >= 0.3 is 0 Å². The molecule has 1 aliphatic rings. The summed E-state index contributed by atoms with van der Waals surface area (Å²) in [6.07, 6.45) is 1.55. The largest absolute Gasteiger partial charge is 0.495 e. The second-order valence-corrected chi connectivity index (χ2v) is 7.97. The summed E-state index contributed by atoms with van der Waals surface area (Å²) < 4.78 is 7.29. The fraction of sp³-hybridized carbons (Fsp3) is 0.0588. The van der Waals surface area contributed by atoms with Crippen LogP contribution in [0.5, 0.6) is 5.75 Å². The Hall–Kier alpha value is -1.33. The number of halogens is 3. The van der Waals surface area contributed by atoms with Gasteiger partial charge in [-0.05, 0) is 87.7 Å². The van der Waals surface area contributed by atoms with Crippen molar-refractivity contribution in [2.75, 3.05) is 12.1 Å². The number of carbonyl (C=O) groups is 2. The van der Waals surface area contributed by atoms with E-state index in [4.69, 9.17) is 16.3 Å². The Kier molecular flexibility index (Phi) is 5.54. The fourth-order valence-electron chi connectivity index (χ4n) is 2.39. The number of amides is 2.